The molecule has 0 aromatic heterocycles. The van der Waals surface area contributed by atoms with Crippen LogP contribution < -0.4 is 15.4 Å². The smallest absolute Gasteiger partial charge is 0.319 e. The van der Waals surface area contributed by atoms with Crippen molar-refractivity contribution in [3.05, 3.63) is 23.8 Å². The van der Waals surface area contributed by atoms with Gasteiger partial charge in [-0.15, -0.1) is 0 Å². The molecule has 124 valence electrons. The molecule has 0 aliphatic carbocycles. The van der Waals surface area contributed by atoms with Crippen LogP contribution in [0.5, 0.6) is 5.75 Å². The number of aliphatic hydroxyl groups excluding tert-OH is 1. The fraction of sp³-hybridized carbons (Fsp3) is 0.533. The van der Waals surface area contributed by atoms with Gasteiger partial charge in [0.15, 0.2) is 17.4 Å². The average Bonchev–Trinajstić information content (AvgIpc) is 2.47. The number of hydrogen-bond donors (Lipinski definition) is 3. The number of nitrogens with one attached hydrogen (secondary N) is 2. The molecular weight excluding hydrogens is 294 g/mol. The maximum Gasteiger partial charge on any atom is 0.319 e. The Kier molecular flexibility index (Phi) is 6.55. The number of ether oxygens (including phenoxy) is 1. The molecule has 0 aliphatic heterocycles. The number of urea groups is 1. The van der Waals surface area contributed by atoms with Gasteiger partial charge < -0.3 is 20.5 Å². The second-order valence-corrected chi connectivity index (χ2v) is 5.77. The molecule has 0 atom stereocenters. The molecule has 1 aromatic rings. The highest BCUT2D eigenvalue weighted by atomic mass is 19.1. The lowest BCUT2D eigenvalue weighted by atomic mass is 9.89. The summed E-state index contributed by atoms with van der Waals surface area (Å²) in [6.45, 7) is 4.27. The fourth-order valence-electron chi connectivity index (χ4n) is 1.80. The van der Waals surface area contributed by atoms with Crippen molar-refractivity contribution in [3.63, 3.8) is 0 Å². The zero-order chi connectivity index (χ0) is 16.8. The van der Waals surface area contributed by atoms with Crippen LogP contribution in [0.2, 0.25) is 0 Å². The average molecular weight is 316 g/mol. The molecule has 5 nitrogen and oxygen atoms in total. The third-order valence-corrected chi connectivity index (χ3v) is 3.23. The van der Waals surface area contributed by atoms with E-state index in [0.717, 1.165) is 18.6 Å². The van der Waals surface area contributed by atoms with Gasteiger partial charge in [-0.2, -0.15) is 0 Å². The van der Waals surface area contributed by atoms with Gasteiger partial charge in [-0.3, -0.25) is 0 Å². The minimum Gasteiger partial charge on any atom is -0.494 e. The molecule has 0 aliphatic rings. The second-order valence-electron chi connectivity index (χ2n) is 5.77. The molecule has 7 heteroatoms. The van der Waals surface area contributed by atoms with Crippen LogP contribution in [-0.4, -0.2) is 31.4 Å². The summed E-state index contributed by atoms with van der Waals surface area (Å²) >= 11 is 0. The first-order chi connectivity index (χ1) is 10.3. The van der Waals surface area contributed by atoms with E-state index in [2.05, 4.69) is 15.4 Å². The Balaban J connectivity index is 2.47. The van der Waals surface area contributed by atoms with Crippen molar-refractivity contribution in [3.8, 4) is 5.75 Å². The van der Waals surface area contributed by atoms with Gasteiger partial charge >= 0.3 is 6.03 Å². The van der Waals surface area contributed by atoms with E-state index in [0.29, 0.717) is 13.0 Å². The molecule has 0 heterocycles. The Morgan fingerprint density at radius 1 is 1.32 bits per heavy atom. The Bertz CT molecular complexity index is 522. The van der Waals surface area contributed by atoms with Crippen molar-refractivity contribution in [2.24, 2.45) is 5.41 Å². The Morgan fingerprint density at radius 2 is 2.00 bits per heavy atom. The van der Waals surface area contributed by atoms with Gasteiger partial charge in [0.1, 0.15) is 0 Å². The molecule has 0 unspecified atom stereocenters. The largest absolute Gasteiger partial charge is 0.494 e. The third kappa shape index (κ3) is 5.48. The SMILES string of the molecule is COc1cc(F)c(NC(=O)NCCCC(C)(C)CO)cc1F. The topological polar surface area (TPSA) is 70.6 Å². The molecule has 22 heavy (non-hydrogen) atoms. The summed E-state index contributed by atoms with van der Waals surface area (Å²) in [5.41, 5.74) is -0.463. The molecule has 0 saturated heterocycles. The van der Waals surface area contributed by atoms with E-state index in [1.54, 1.807) is 0 Å². The lowest BCUT2D eigenvalue weighted by Crippen LogP contribution is -2.30. The van der Waals surface area contributed by atoms with E-state index >= 15 is 0 Å². The van der Waals surface area contributed by atoms with Crippen molar-refractivity contribution < 1.29 is 23.4 Å². The molecule has 0 spiro atoms. The predicted molar refractivity (Wildman–Crippen MR) is 80.0 cm³/mol. The minimum absolute atomic E-state index is 0.0650. The lowest BCUT2D eigenvalue weighted by Gasteiger charge is -2.21. The van der Waals surface area contributed by atoms with Crippen molar-refractivity contribution in [1.82, 2.24) is 5.32 Å². The zero-order valence-corrected chi connectivity index (χ0v) is 13.0. The van der Waals surface area contributed by atoms with Crippen LogP contribution >= 0.6 is 0 Å². The molecule has 2 amide bonds. The molecule has 1 rings (SSSR count). The fourth-order valence-corrected chi connectivity index (χ4v) is 1.80. The van der Waals surface area contributed by atoms with Gasteiger partial charge in [0, 0.05) is 25.3 Å². The summed E-state index contributed by atoms with van der Waals surface area (Å²) < 4.78 is 31.8. The molecular formula is C15H22F2N2O3. The summed E-state index contributed by atoms with van der Waals surface area (Å²) in [4.78, 5) is 11.6. The highest BCUT2D eigenvalue weighted by Crippen LogP contribution is 2.24. The monoisotopic (exact) mass is 316 g/mol. The standard InChI is InChI=1S/C15H22F2N2O3/c1-15(2,9-20)5-4-6-18-14(21)19-12-7-11(17)13(22-3)8-10(12)16/h7-8,20H,4-6,9H2,1-3H3,(H2,18,19,21). The molecule has 0 saturated carbocycles. The summed E-state index contributed by atoms with van der Waals surface area (Å²) in [7, 11) is 1.23. The minimum atomic E-state index is -0.783. The number of amides is 2. The van der Waals surface area contributed by atoms with Gasteiger partial charge in [-0.1, -0.05) is 13.8 Å². The predicted octanol–water partition coefficient (Wildman–Crippen LogP) is 2.89. The second kappa shape index (κ2) is 7.93. The van der Waals surface area contributed by atoms with Gasteiger partial charge in [-0.25, -0.2) is 13.6 Å². The first kappa shape index (κ1) is 18.2. The molecule has 0 bridgehead atoms. The van der Waals surface area contributed by atoms with Gasteiger partial charge in [0.05, 0.1) is 12.8 Å². The van der Waals surface area contributed by atoms with Crippen LogP contribution in [0.3, 0.4) is 0 Å². The third-order valence-electron chi connectivity index (χ3n) is 3.23. The first-order valence-corrected chi connectivity index (χ1v) is 6.98. The summed E-state index contributed by atoms with van der Waals surface area (Å²) in [5, 5.41) is 13.9. The number of carbonyl (C=O) groups is 1. The normalized spacial score (nSPS) is 11.2. The van der Waals surface area contributed by atoms with E-state index < -0.39 is 17.7 Å². The van der Waals surface area contributed by atoms with Gasteiger partial charge in [0.25, 0.3) is 0 Å². The summed E-state index contributed by atoms with van der Waals surface area (Å²) in [6, 6.07) is 1.11. The molecule has 0 radical (unpaired) electrons. The number of rotatable bonds is 7. The number of anilines is 1. The van der Waals surface area contributed by atoms with Crippen molar-refractivity contribution >= 4 is 11.7 Å². The lowest BCUT2D eigenvalue weighted by molar-refractivity contribution is 0.148. The van der Waals surface area contributed by atoms with E-state index in [-0.39, 0.29) is 23.5 Å². The van der Waals surface area contributed by atoms with E-state index in [1.165, 1.54) is 7.11 Å². The maximum atomic E-state index is 13.7. The van der Waals surface area contributed by atoms with Crippen molar-refractivity contribution in [1.29, 1.82) is 0 Å². The van der Waals surface area contributed by atoms with Crippen LogP contribution in [-0.2, 0) is 0 Å². The number of benzene rings is 1. The van der Waals surface area contributed by atoms with E-state index in [4.69, 9.17) is 5.11 Å². The number of halogens is 2. The first-order valence-electron chi connectivity index (χ1n) is 6.98. The Morgan fingerprint density at radius 3 is 2.59 bits per heavy atom. The summed E-state index contributed by atoms with van der Waals surface area (Å²) in [6.07, 6.45) is 1.40. The van der Waals surface area contributed by atoms with Gasteiger partial charge in [-0.05, 0) is 18.3 Å². The van der Waals surface area contributed by atoms with E-state index in [1.807, 2.05) is 13.8 Å². The highest BCUT2D eigenvalue weighted by Gasteiger charge is 2.16. The van der Waals surface area contributed by atoms with Crippen LogP contribution in [0.15, 0.2) is 12.1 Å². The number of carbonyl (C=O) groups excluding carboxylic acids is 1. The number of aliphatic hydroxyl groups is 1. The summed E-state index contributed by atoms with van der Waals surface area (Å²) in [5.74, 6) is -1.77. The quantitative estimate of drug-likeness (QED) is 0.677. The van der Waals surface area contributed by atoms with Crippen LogP contribution in [0, 0.1) is 17.0 Å². The van der Waals surface area contributed by atoms with E-state index in [9.17, 15) is 13.6 Å². The molecule has 0 fully saturated rings. The van der Waals surface area contributed by atoms with Crippen LogP contribution in [0.25, 0.3) is 0 Å². The number of methoxy groups -OCH3 is 1. The molecule has 1 aromatic carbocycles. The van der Waals surface area contributed by atoms with Crippen LogP contribution in [0.1, 0.15) is 26.7 Å². The highest BCUT2D eigenvalue weighted by molar-refractivity contribution is 5.89. The Hall–Kier alpha value is -1.89. The van der Waals surface area contributed by atoms with Crippen molar-refractivity contribution in [2.75, 3.05) is 25.6 Å². The Labute approximate surface area is 128 Å². The zero-order valence-electron chi connectivity index (χ0n) is 13.0. The maximum absolute atomic E-state index is 13.7. The van der Waals surface area contributed by atoms with Gasteiger partial charge in [0.2, 0.25) is 0 Å². The number of hydrogen-bond acceptors (Lipinski definition) is 3. The van der Waals surface area contributed by atoms with Crippen molar-refractivity contribution in [2.45, 2.75) is 26.7 Å². The van der Waals surface area contributed by atoms with Crippen LogP contribution in [0.4, 0.5) is 19.3 Å². The molecule has 3 N–H and O–H groups in total.